The molecule has 2 atom stereocenters. The Morgan fingerprint density at radius 3 is 2.78 bits per heavy atom. The molecule has 1 N–H and O–H groups in total. The average molecular weight is 335 g/mol. The van der Waals surface area contributed by atoms with Crippen LogP contribution in [0.3, 0.4) is 0 Å². The summed E-state index contributed by atoms with van der Waals surface area (Å²) in [6.07, 6.45) is 5.76. The first-order chi connectivity index (χ1) is 11.2. The van der Waals surface area contributed by atoms with Gasteiger partial charge in [-0.05, 0) is 37.0 Å². The van der Waals surface area contributed by atoms with Crippen molar-refractivity contribution in [2.75, 3.05) is 19.0 Å². The fourth-order valence-corrected chi connectivity index (χ4v) is 3.90. The minimum Gasteiger partial charge on any atom is -0.490 e. The van der Waals surface area contributed by atoms with Gasteiger partial charge in [0.15, 0.2) is 11.5 Å². The maximum atomic E-state index is 12.2. The molecule has 1 aliphatic heterocycles. The zero-order valence-corrected chi connectivity index (χ0v) is 14.5. The second kappa shape index (κ2) is 7.95. The highest BCUT2D eigenvalue weighted by atomic mass is 32.2. The second-order valence-electron chi connectivity index (χ2n) is 6.38. The van der Waals surface area contributed by atoms with Gasteiger partial charge in [0.1, 0.15) is 0 Å². The molecule has 5 heteroatoms. The number of nitrogens with one attached hydrogen (secondary N) is 1. The molecular weight excluding hydrogens is 310 g/mol. The molecule has 1 saturated carbocycles. The molecule has 3 rings (SSSR count). The fourth-order valence-electron chi connectivity index (χ4n) is 3.16. The van der Waals surface area contributed by atoms with E-state index < -0.39 is 0 Å². The average Bonchev–Trinajstić information content (AvgIpc) is 2.80. The van der Waals surface area contributed by atoms with Crippen molar-refractivity contribution < 1.29 is 14.3 Å². The van der Waals surface area contributed by atoms with Crippen molar-refractivity contribution in [1.29, 1.82) is 0 Å². The van der Waals surface area contributed by atoms with Crippen molar-refractivity contribution >= 4 is 17.7 Å². The quantitative estimate of drug-likeness (QED) is 0.854. The van der Waals surface area contributed by atoms with E-state index in [1.807, 2.05) is 18.2 Å². The van der Waals surface area contributed by atoms with Crippen LogP contribution in [0.5, 0.6) is 11.5 Å². The van der Waals surface area contributed by atoms with E-state index in [1.54, 1.807) is 11.8 Å². The maximum Gasteiger partial charge on any atom is 0.230 e. The van der Waals surface area contributed by atoms with Gasteiger partial charge in [0.25, 0.3) is 0 Å². The normalized spacial score (nSPS) is 23.9. The Labute approximate surface area is 142 Å². The van der Waals surface area contributed by atoms with Crippen LogP contribution in [0.25, 0.3) is 0 Å². The van der Waals surface area contributed by atoms with Crippen molar-refractivity contribution in [3.8, 4) is 11.5 Å². The van der Waals surface area contributed by atoms with E-state index in [0.717, 1.165) is 29.2 Å². The van der Waals surface area contributed by atoms with Crippen LogP contribution < -0.4 is 14.8 Å². The monoisotopic (exact) mass is 335 g/mol. The highest BCUT2D eigenvalue weighted by Gasteiger charge is 2.22. The van der Waals surface area contributed by atoms with E-state index in [9.17, 15) is 4.79 Å². The number of benzene rings is 1. The largest absolute Gasteiger partial charge is 0.490 e. The van der Waals surface area contributed by atoms with Gasteiger partial charge in [-0.3, -0.25) is 4.79 Å². The highest BCUT2D eigenvalue weighted by molar-refractivity contribution is 8.00. The Kier molecular flexibility index (Phi) is 5.70. The molecule has 0 unspecified atom stereocenters. The number of hydrogen-bond acceptors (Lipinski definition) is 4. The van der Waals surface area contributed by atoms with Crippen molar-refractivity contribution in [1.82, 2.24) is 5.32 Å². The molecule has 1 amide bonds. The third-order valence-corrected chi connectivity index (χ3v) is 5.54. The van der Waals surface area contributed by atoms with Crippen LogP contribution in [0.1, 0.15) is 39.0 Å². The van der Waals surface area contributed by atoms with Crippen LogP contribution in [-0.2, 0) is 4.79 Å². The van der Waals surface area contributed by atoms with Gasteiger partial charge >= 0.3 is 0 Å². The Morgan fingerprint density at radius 1 is 1.17 bits per heavy atom. The first-order valence-electron chi connectivity index (χ1n) is 8.54. The van der Waals surface area contributed by atoms with E-state index in [2.05, 4.69) is 12.2 Å². The summed E-state index contributed by atoms with van der Waals surface area (Å²) in [5.41, 5.74) is 0. The summed E-state index contributed by atoms with van der Waals surface area (Å²) in [5.74, 6) is 2.75. The molecule has 2 aliphatic rings. The van der Waals surface area contributed by atoms with Crippen LogP contribution in [0.4, 0.5) is 0 Å². The summed E-state index contributed by atoms with van der Waals surface area (Å²) >= 11 is 1.55. The smallest absolute Gasteiger partial charge is 0.230 e. The molecule has 0 spiro atoms. The van der Waals surface area contributed by atoms with Crippen molar-refractivity contribution in [3.63, 3.8) is 0 Å². The van der Waals surface area contributed by atoms with Gasteiger partial charge in [0.05, 0.1) is 19.0 Å². The first-order valence-corrected chi connectivity index (χ1v) is 9.53. The van der Waals surface area contributed by atoms with Crippen molar-refractivity contribution in [2.45, 2.75) is 50.0 Å². The topological polar surface area (TPSA) is 47.6 Å². The van der Waals surface area contributed by atoms with Gasteiger partial charge in [-0.2, -0.15) is 0 Å². The van der Waals surface area contributed by atoms with Gasteiger partial charge < -0.3 is 14.8 Å². The second-order valence-corrected chi connectivity index (χ2v) is 7.43. The van der Waals surface area contributed by atoms with Crippen LogP contribution in [0, 0.1) is 5.92 Å². The Bertz CT molecular complexity index is 549. The molecule has 1 heterocycles. The van der Waals surface area contributed by atoms with Crippen molar-refractivity contribution in [2.24, 2.45) is 5.92 Å². The third kappa shape index (κ3) is 4.56. The molecule has 0 saturated heterocycles. The minimum absolute atomic E-state index is 0.126. The third-order valence-electron chi connectivity index (χ3n) is 4.55. The van der Waals surface area contributed by atoms with E-state index in [1.165, 1.54) is 19.3 Å². The summed E-state index contributed by atoms with van der Waals surface area (Å²) in [6, 6.07) is 6.25. The Morgan fingerprint density at radius 2 is 1.96 bits per heavy atom. The maximum absolute atomic E-state index is 12.2. The van der Waals surface area contributed by atoms with E-state index in [-0.39, 0.29) is 5.91 Å². The summed E-state index contributed by atoms with van der Waals surface area (Å²) in [6.45, 7) is 3.61. The summed E-state index contributed by atoms with van der Waals surface area (Å²) in [4.78, 5) is 13.2. The lowest BCUT2D eigenvalue weighted by atomic mass is 9.86. The summed E-state index contributed by atoms with van der Waals surface area (Å²) < 4.78 is 11.3. The lowest BCUT2D eigenvalue weighted by Crippen LogP contribution is -2.41. The van der Waals surface area contributed by atoms with Gasteiger partial charge in [-0.25, -0.2) is 0 Å². The molecule has 0 radical (unpaired) electrons. The highest BCUT2D eigenvalue weighted by Crippen LogP contribution is 2.34. The minimum atomic E-state index is 0.126. The predicted molar refractivity (Wildman–Crippen MR) is 92.3 cm³/mol. The zero-order chi connectivity index (χ0) is 16.1. The lowest BCUT2D eigenvalue weighted by Gasteiger charge is -2.29. The number of hydrogen-bond donors (Lipinski definition) is 1. The Hall–Kier alpha value is -1.36. The standard InChI is InChI=1S/C18H25NO3S/c1-13-5-2-3-6-15(13)19-18(20)12-23-14-7-8-16-17(11-14)22-10-4-9-21-16/h7-8,11,13,15H,2-6,9-10,12H2,1H3,(H,19,20)/t13-,15+/m0/s1. The molecule has 0 bridgehead atoms. The number of amides is 1. The molecule has 1 aromatic carbocycles. The number of carbonyl (C=O) groups excluding carboxylic acids is 1. The Balaban J connectivity index is 1.51. The first kappa shape index (κ1) is 16.5. The molecule has 1 aromatic rings. The van der Waals surface area contributed by atoms with Gasteiger partial charge in [0.2, 0.25) is 5.91 Å². The zero-order valence-electron chi connectivity index (χ0n) is 13.7. The van der Waals surface area contributed by atoms with E-state index in [0.29, 0.717) is 30.9 Å². The van der Waals surface area contributed by atoms with Crippen molar-refractivity contribution in [3.05, 3.63) is 18.2 Å². The van der Waals surface area contributed by atoms with Gasteiger partial charge in [-0.15, -0.1) is 11.8 Å². The number of thioether (sulfide) groups is 1. The van der Waals surface area contributed by atoms with Crippen LogP contribution in [0.15, 0.2) is 23.1 Å². The molecule has 1 fully saturated rings. The molecule has 1 aliphatic carbocycles. The SMILES string of the molecule is C[C@H]1CCCC[C@H]1NC(=O)CSc1ccc2c(c1)OCCCO2. The molecule has 4 nitrogen and oxygen atoms in total. The molecule has 0 aromatic heterocycles. The number of fused-ring (bicyclic) bond motifs is 1. The van der Waals surface area contributed by atoms with Gasteiger partial charge in [-0.1, -0.05) is 19.8 Å². The number of rotatable bonds is 4. The van der Waals surface area contributed by atoms with Gasteiger partial charge in [0, 0.05) is 17.4 Å². The van der Waals surface area contributed by atoms with E-state index >= 15 is 0 Å². The molecule has 23 heavy (non-hydrogen) atoms. The van der Waals surface area contributed by atoms with Crippen LogP contribution >= 0.6 is 11.8 Å². The number of ether oxygens (including phenoxy) is 2. The molecular formula is C18H25NO3S. The lowest BCUT2D eigenvalue weighted by molar-refractivity contribution is -0.119. The van der Waals surface area contributed by atoms with E-state index in [4.69, 9.17) is 9.47 Å². The summed E-state index contributed by atoms with van der Waals surface area (Å²) in [5, 5.41) is 3.20. The molecule has 126 valence electrons. The van der Waals surface area contributed by atoms with Crippen LogP contribution in [-0.4, -0.2) is 30.9 Å². The predicted octanol–water partition coefficient (Wildman–Crippen LogP) is 3.63. The number of carbonyl (C=O) groups is 1. The summed E-state index contributed by atoms with van der Waals surface area (Å²) in [7, 11) is 0. The van der Waals surface area contributed by atoms with Crippen LogP contribution in [0.2, 0.25) is 0 Å². The fraction of sp³-hybridized carbons (Fsp3) is 0.611.